The molecule has 0 radical (unpaired) electrons. The first kappa shape index (κ1) is 15.4. The van der Waals surface area contributed by atoms with Crippen LogP contribution in [0.3, 0.4) is 0 Å². The van der Waals surface area contributed by atoms with E-state index in [9.17, 15) is 14.9 Å². The standard InChI is InChI=1S/C12H16ClN3O3/c1-2-15-12(17)5-6-14-8-9-3-4-10(13)7-11(9)16(18)19/h3-4,7,14H,2,5-6,8H2,1H3,(H,15,17). The average Bonchev–Trinajstić information content (AvgIpc) is 2.36. The fourth-order valence-electron chi connectivity index (χ4n) is 1.57. The molecule has 0 unspecified atom stereocenters. The van der Waals surface area contributed by atoms with Gasteiger partial charge in [-0.05, 0) is 19.1 Å². The number of nitro benzene ring substituents is 1. The predicted octanol–water partition coefficient (Wildman–Crippen LogP) is 1.86. The molecule has 0 bridgehead atoms. The van der Waals surface area contributed by atoms with Gasteiger partial charge in [-0.3, -0.25) is 14.9 Å². The largest absolute Gasteiger partial charge is 0.356 e. The number of rotatable bonds is 7. The summed E-state index contributed by atoms with van der Waals surface area (Å²) < 4.78 is 0. The Kier molecular flexibility index (Phi) is 6.24. The van der Waals surface area contributed by atoms with Crippen molar-refractivity contribution in [2.45, 2.75) is 19.9 Å². The first-order valence-electron chi connectivity index (χ1n) is 5.94. The molecule has 1 aromatic carbocycles. The van der Waals surface area contributed by atoms with Gasteiger partial charge in [0.2, 0.25) is 5.91 Å². The number of amides is 1. The summed E-state index contributed by atoms with van der Waals surface area (Å²) in [6.07, 6.45) is 0.342. The van der Waals surface area contributed by atoms with Crippen molar-refractivity contribution in [2.75, 3.05) is 13.1 Å². The number of nitrogens with one attached hydrogen (secondary N) is 2. The molecule has 1 aromatic rings. The van der Waals surface area contributed by atoms with E-state index < -0.39 is 4.92 Å². The third-order valence-corrected chi connectivity index (χ3v) is 2.70. The van der Waals surface area contributed by atoms with Crippen LogP contribution < -0.4 is 10.6 Å². The number of benzene rings is 1. The highest BCUT2D eigenvalue weighted by molar-refractivity contribution is 6.30. The minimum absolute atomic E-state index is 0.0157. The molecule has 1 amide bonds. The molecule has 0 aliphatic heterocycles. The van der Waals surface area contributed by atoms with Crippen LogP contribution in [0, 0.1) is 10.1 Å². The van der Waals surface area contributed by atoms with Gasteiger partial charge in [0.05, 0.1) is 4.92 Å². The lowest BCUT2D eigenvalue weighted by Gasteiger charge is -2.06. The van der Waals surface area contributed by atoms with Gasteiger partial charge in [0.25, 0.3) is 5.69 Å². The molecule has 0 saturated carbocycles. The number of carbonyl (C=O) groups is 1. The second kappa shape index (κ2) is 7.70. The zero-order valence-electron chi connectivity index (χ0n) is 10.6. The highest BCUT2D eigenvalue weighted by atomic mass is 35.5. The Bertz CT molecular complexity index is 466. The maximum atomic E-state index is 11.2. The van der Waals surface area contributed by atoms with Gasteiger partial charge in [-0.2, -0.15) is 0 Å². The van der Waals surface area contributed by atoms with Crippen molar-refractivity contribution in [2.24, 2.45) is 0 Å². The van der Waals surface area contributed by atoms with E-state index in [1.807, 2.05) is 6.92 Å². The predicted molar refractivity (Wildman–Crippen MR) is 73.1 cm³/mol. The van der Waals surface area contributed by atoms with Gasteiger partial charge in [-0.25, -0.2) is 0 Å². The molecular formula is C12H16ClN3O3. The van der Waals surface area contributed by atoms with Crippen molar-refractivity contribution < 1.29 is 9.72 Å². The third-order valence-electron chi connectivity index (χ3n) is 2.46. The Labute approximate surface area is 116 Å². The topological polar surface area (TPSA) is 84.3 Å². The van der Waals surface area contributed by atoms with E-state index in [1.54, 1.807) is 12.1 Å². The number of nitro groups is 1. The van der Waals surface area contributed by atoms with Gasteiger partial charge in [0, 0.05) is 42.7 Å². The highest BCUT2D eigenvalue weighted by Crippen LogP contribution is 2.22. The number of carbonyl (C=O) groups excluding carboxylic acids is 1. The molecule has 2 N–H and O–H groups in total. The fraction of sp³-hybridized carbons (Fsp3) is 0.417. The lowest BCUT2D eigenvalue weighted by molar-refractivity contribution is -0.385. The molecule has 19 heavy (non-hydrogen) atoms. The second-order valence-corrected chi connectivity index (χ2v) is 4.35. The van der Waals surface area contributed by atoms with Gasteiger partial charge in [-0.1, -0.05) is 11.6 Å². The molecule has 7 heteroatoms. The van der Waals surface area contributed by atoms with Crippen LogP contribution in [-0.2, 0) is 11.3 Å². The van der Waals surface area contributed by atoms with Crippen molar-refractivity contribution in [3.8, 4) is 0 Å². The molecule has 1 rings (SSSR count). The SMILES string of the molecule is CCNC(=O)CCNCc1ccc(Cl)cc1[N+](=O)[O-]. The van der Waals surface area contributed by atoms with Crippen molar-refractivity contribution in [1.82, 2.24) is 10.6 Å². The van der Waals surface area contributed by atoms with Crippen LogP contribution in [0.2, 0.25) is 5.02 Å². The van der Waals surface area contributed by atoms with Gasteiger partial charge >= 0.3 is 0 Å². The van der Waals surface area contributed by atoms with Crippen LogP contribution >= 0.6 is 11.6 Å². The zero-order chi connectivity index (χ0) is 14.3. The maximum Gasteiger partial charge on any atom is 0.275 e. The van der Waals surface area contributed by atoms with Gasteiger partial charge in [-0.15, -0.1) is 0 Å². The molecule has 6 nitrogen and oxygen atoms in total. The number of halogens is 1. The highest BCUT2D eigenvalue weighted by Gasteiger charge is 2.13. The monoisotopic (exact) mass is 285 g/mol. The first-order chi connectivity index (χ1) is 9.04. The first-order valence-corrected chi connectivity index (χ1v) is 6.32. The molecule has 0 heterocycles. The number of hydrogen-bond acceptors (Lipinski definition) is 4. The van der Waals surface area contributed by atoms with E-state index in [0.717, 1.165) is 0 Å². The lowest BCUT2D eigenvalue weighted by Crippen LogP contribution is -2.27. The zero-order valence-corrected chi connectivity index (χ0v) is 11.4. The van der Waals surface area contributed by atoms with Crippen LogP contribution in [0.25, 0.3) is 0 Å². The van der Waals surface area contributed by atoms with Gasteiger partial charge in [0.15, 0.2) is 0 Å². The van der Waals surface area contributed by atoms with E-state index in [2.05, 4.69) is 10.6 Å². The van der Waals surface area contributed by atoms with Crippen molar-refractivity contribution in [1.29, 1.82) is 0 Å². The van der Waals surface area contributed by atoms with Crippen LogP contribution in [0.5, 0.6) is 0 Å². The minimum atomic E-state index is -0.466. The molecular weight excluding hydrogens is 270 g/mol. The van der Waals surface area contributed by atoms with E-state index in [4.69, 9.17) is 11.6 Å². The quantitative estimate of drug-likeness (QED) is 0.455. The smallest absolute Gasteiger partial charge is 0.275 e. The van der Waals surface area contributed by atoms with E-state index in [0.29, 0.717) is 36.6 Å². The van der Waals surface area contributed by atoms with Crippen molar-refractivity contribution in [3.05, 3.63) is 38.9 Å². The molecule has 0 atom stereocenters. The minimum Gasteiger partial charge on any atom is -0.356 e. The summed E-state index contributed by atoms with van der Waals surface area (Å²) in [6, 6.07) is 4.54. The van der Waals surface area contributed by atoms with E-state index >= 15 is 0 Å². The summed E-state index contributed by atoms with van der Waals surface area (Å²) in [5.74, 6) is -0.0411. The average molecular weight is 286 g/mol. The summed E-state index contributed by atoms with van der Waals surface area (Å²) in [4.78, 5) is 21.6. The number of nitrogens with zero attached hydrogens (tertiary/aromatic N) is 1. The Morgan fingerprint density at radius 2 is 2.21 bits per heavy atom. The van der Waals surface area contributed by atoms with Crippen LogP contribution in [-0.4, -0.2) is 23.9 Å². The van der Waals surface area contributed by atoms with E-state index in [-0.39, 0.29) is 11.6 Å². The van der Waals surface area contributed by atoms with Crippen molar-refractivity contribution in [3.63, 3.8) is 0 Å². The third kappa shape index (κ3) is 5.23. The van der Waals surface area contributed by atoms with Crippen LogP contribution in [0.15, 0.2) is 18.2 Å². The summed E-state index contributed by atoms with van der Waals surface area (Å²) in [6.45, 7) is 3.24. The van der Waals surface area contributed by atoms with Crippen molar-refractivity contribution >= 4 is 23.2 Å². The molecule has 0 aliphatic carbocycles. The van der Waals surface area contributed by atoms with Gasteiger partial charge < -0.3 is 10.6 Å². The number of hydrogen-bond donors (Lipinski definition) is 2. The summed E-state index contributed by atoms with van der Waals surface area (Å²) >= 11 is 5.72. The van der Waals surface area contributed by atoms with Crippen LogP contribution in [0.1, 0.15) is 18.9 Å². The summed E-state index contributed by atoms with van der Waals surface area (Å²) in [7, 11) is 0. The Balaban J connectivity index is 2.49. The fourth-order valence-corrected chi connectivity index (χ4v) is 1.73. The molecule has 0 spiro atoms. The lowest BCUT2D eigenvalue weighted by atomic mass is 10.2. The molecule has 0 saturated heterocycles. The molecule has 0 aromatic heterocycles. The van der Waals surface area contributed by atoms with E-state index in [1.165, 1.54) is 6.07 Å². The Morgan fingerprint density at radius 1 is 1.47 bits per heavy atom. The molecule has 0 aliphatic rings. The second-order valence-electron chi connectivity index (χ2n) is 3.91. The Hall–Kier alpha value is -1.66. The maximum absolute atomic E-state index is 11.2. The Morgan fingerprint density at radius 3 is 2.84 bits per heavy atom. The molecule has 0 fully saturated rings. The molecule has 104 valence electrons. The summed E-state index contributed by atoms with van der Waals surface area (Å²) in [5.41, 5.74) is 0.531. The van der Waals surface area contributed by atoms with Crippen LogP contribution in [0.4, 0.5) is 5.69 Å². The van der Waals surface area contributed by atoms with Gasteiger partial charge in [0.1, 0.15) is 0 Å². The summed E-state index contributed by atoms with van der Waals surface area (Å²) in [5, 5.41) is 16.9. The normalized spacial score (nSPS) is 10.2.